The zero-order chi connectivity index (χ0) is 13.5. The molecule has 1 aliphatic heterocycles. The zero-order valence-electron chi connectivity index (χ0n) is 12.2. The molecule has 3 rings (SSSR count). The first kappa shape index (κ1) is 13.7. The molecule has 2 unspecified atom stereocenters. The fraction of sp³-hybridized carbons (Fsp3) is 0.933. The van der Waals surface area contributed by atoms with Gasteiger partial charge in [-0.3, -0.25) is 10.1 Å². The third-order valence-corrected chi connectivity index (χ3v) is 6.82. The van der Waals surface area contributed by atoms with E-state index in [1.807, 2.05) is 18.7 Å². The molecule has 3 nitrogen and oxygen atoms in total. The fourth-order valence-electron chi connectivity index (χ4n) is 3.95. The number of thioether (sulfide) groups is 1. The first-order valence-electron chi connectivity index (χ1n) is 7.77. The van der Waals surface area contributed by atoms with Crippen LogP contribution >= 0.6 is 11.8 Å². The summed E-state index contributed by atoms with van der Waals surface area (Å²) in [5.41, 5.74) is 0. The van der Waals surface area contributed by atoms with Crippen LogP contribution in [0.5, 0.6) is 0 Å². The Balaban J connectivity index is 1.73. The monoisotopic (exact) mass is 282 g/mol. The minimum absolute atomic E-state index is 0.0181. The quantitative estimate of drug-likeness (QED) is 0.860. The lowest BCUT2D eigenvalue weighted by Gasteiger charge is -2.44. The van der Waals surface area contributed by atoms with E-state index in [0.29, 0.717) is 22.7 Å². The second-order valence-electron chi connectivity index (χ2n) is 6.58. The highest BCUT2D eigenvalue weighted by atomic mass is 32.2. The zero-order valence-corrected chi connectivity index (χ0v) is 13.0. The molecule has 0 aromatic rings. The summed E-state index contributed by atoms with van der Waals surface area (Å²) < 4.78 is 0.359. The maximum absolute atomic E-state index is 12.5. The van der Waals surface area contributed by atoms with Crippen molar-refractivity contribution in [2.45, 2.75) is 68.8 Å². The van der Waals surface area contributed by atoms with Gasteiger partial charge in [-0.15, -0.1) is 0 Å². The molecule has 1 saturated heterocycles. The average Bonchev–Trinajstić information content (AvgIpc) is 2.96. The van der Waals surface area contributed by atoms with E-state index in [0.717, 1.165) is 6.54 Å². The number of amides is 1. The highest BCUT2D eigenvalue weighted by Crippen LogP contribution is 2.44. The van der Waals surface area contributed by atoms with Crippen LogP contribution in [0.15, 0.2) is 0 Å². The Hall–Kier alpha value is -0.220. The van der Waals surface area contributed by atoms with Crippen LogP contribution in [0.25, 0.3) is 0 Å². The Morgan fingerprint density at radius 2 is 2.00 bits per heavy atom. The van der Waals surface area contributed by atoms with Gasteiger partial charge in [0.2, 0.25) is 5.91 Å². The van der Waals surface area contributed by atoms with E-state index in [1.54, 1.807) is 0 Å². The molecule has 108 valence electrons. The van der Waals surface area contributed by atoms with Crippen LogP contribution in [0, 0.1) is 5.92 Å². The van der Waals surface area contributed by atoms with Gasteiger partial charge in [-0.1, -0.05) is 19.3 Å². The molecule has 2 atom stereocenters. The minimum Gasteiger partial charge on any atom is -0.324 e. The molecule has 0 aromatic carbocycles. The summed E-state index contributed by atoms with van der Waals surface area (Å²) in [5.74, 6) is 1.02. The molecule has 4 heteroatoms. The molecule has 1 amide bonds. The number of hydrogen-bond acceptors (Lipinski definition) is 3. The number of hydrogen-bond donors (Lipinski definition) is 1. The van der Waals surface area contributed by atoms with Crippen molar-refractivity contribution < 1.29 is 4.79 Å². The molecular weight excluding hydrogens is 256 g/mol. The molecule has 0 spiro atoms. The first-order valence-corrected chi connectivity index (χ1v) is 8.99. The van der Waals surface area contributed by atoms with E-state index in [2.05, 4.69) is 16.5 Å². The number of carbonyl (C=O) groups excluding carboxylic acids is 1. The molecule has 0 aromatic heterocycles. The van der Waals surface area contributed by atoms with Crippen LogP contribution in [-0.4, -0.2) is 40.6 Å². The van der Waals surface area contributed by atoms with Gasteiger partial charge in [-0.2, -0.15) is 11.8 Å². The van der Waals surface area contributed by atoms with Gasteiger partial charge in [0, 0.05) is 11.3 Å². The Kier molecular flexibility index (Phi) is 3.82. The first-order chi connectivity index (χ1) is 9.15. The molecule has 1 heterocycles. The standard InChI is InChI=1S/C15H26N2OS/c1-11-14(18)17(10-15(19-2)8-5-9-15)13(16-11)12-6-3-4-7-12/h11-13,16H,3-10H2,1-2H3. The summed E-state index contributed by atoms with van der Waals surface area (Å²) >= 11 is 1.97. The summed E-state index contributed by atoms with van der Waals surface area (Å²) in [6.45, 7) is 2.99. The van der Waals surface area contributed by atoms with Crippen LogP contribution in [0.2, 0.25) is 0 Å². The predicted molar refractivity (Wildman–Crippen MR) is 80.2 cm³/mol. The van der Waals surface area contributed by atoms with Gasteiger partial charge in [0.1, 0.15) is 0 Å². The number of nitrogens with one attached hydrogen (secondary N) is 1. The van der Waals surface area contributed by atoms with Crippen molar-refractivity contribution in [3.63, 3.8) is 0 Å². The number of rotatable bonds is 4. The van der Waals surface area contributed by atoms with Crippen LogP contribution in [0.3, 0.4) is 0 Å². The van der Waals surface area contributed by atoms with Gasteiger partial charge < -0.3 is 4.90 Å². The van der Waals surface area contributed by atoms with Crippen molar-refractivity contribution in [2.75, 3.05) is 12.8 Å². The van der Waals surface area contributed by atoms with Gasteiger partial charge >= 0.3 is 0 Å². The third-order valence-electron chi connectivity index (χ3n) is 5.41. The molecule has 0 radical (unpaired) electrons. The minimum atomic E-state index is 0.0181. The molecule has 0 bridgehead atoms. The van der Waals surface area contributed by atoms with E-state index in [4.69, 9.17) is 0 Å². The number of carbonyl (C=O) groups is 1. The van der Waals surface area contributed by atoms with Crippen molar-refractivity contribution in [3.8, 4) is 0 Å². The van der Waals surface area contributed by atoms with Crippen LogP contribution in [0.4, 0.5) is 0 Å². The van der Waals surface area contributed by atoms with Gasteiger partial charge in [0.15, 0.2) is 0 Å². The van der Waals surface area contributed by atoms with Crippen molar-refractivity contribution in [1.82, 2.24) is 10.2 Å². The Morgan fingerprint density at radius 3 is 2.53 bits per heavy atom. The average molecular weight is 282 g/mol. The van der Waals surface area contributed by atoms with Crippen molar-refractivity contribution in [2.24, 2.45) is 5.92 Å². The van der Waals surface area contributed by atoms with Crippen molar-refractivity contribution >= 4 is 17.7 Å². The van der Waals surface area contributed by atoms with Gasteiger partial charge in [0.05, 0.1) is 12.2 Å². The molecule has 3 fully saturated rings. The highest BCUT2D eigenvalue weighted by molar-refractivity contribution is 8.00. The lowest BCUT2D eigenvalue weighted by molar-refractivity contribution is -0.131. The molecule has 3 aliphatic rings. The van der Waals surface area contributed by atoms with Crippen LogP contribution < -0.4 is 5.32 Å². The topological polar surface area (TPSA) is 32.3 Å². The Bertz CT molecular complexity index is 345. The van der Waals surface area contributed by atoms with Gasteiger partial charge in [-0.25, -0.2) is 0 Å². The van der Waals surface area contributed by atoms with Crippen molar-refractivity contribution in [1.29, 1.82) is 0 Å². The summed E-state index contributed by atoms with van der Waals surface area (Å²) in [6, 6.07) is 0.0181. The molecule has 19 heavy (non-hydrogen) atoms. The van der Waals surface area contributed by atoms with Gasteiger partial charge in [0.25, 0.3) is 0 Å². The van der Waals surface area contributed by atoms with E-state index < -0.39 is 0 Å². The maximum Gasteiger partial charge on any atom is 0.240 e. The molecule has 1 N–H and O–H groups in total. The molecule has 2 aliphatic carbocycles. The van der Waals surface area contributed by atoms with Crippen LogP contribution in [-0.2, 0) is 4.79 Å². The predicted octanol–water partition coefficient (Wildman–Crippen LogP) is 2.61. The Morgan fingerprint density at radius 1 is 1.32 bits per heavy atom. The summed E-state index contributed by atoms with van der Waals surface area (Å²) in [6.07, 6.45) is 11.7. The van der Waals surface area contributed by atoms with E-state index in [1.165, 1.54) is 44.9 Å². The number of nitrogens with zero attached hydrogens (tertiary/aromatic N) is 1. The second kappa shape index (κ2) is 5.28. The lowest BCUT2D eigenvalue weighted by Crippen LogP contribution is -2.51. The van der Waals surface area contributed by atoms with E-state index >= 15 is 0 Å². The lowest BCUT2D eigenvalue weighted by atomic mass is 9.83. The third kappa shape index (κ3) is 2.42. The van der Waals surface area contributed by atoms with Gasteiger partial charge in [-0.05, 0) is 44.8 Å². The van der Waals surface area contributed by atoms with E-state index in [-0.39, 0.29) is 6.04 Å². The Labute approximate surface area is 120 Å². The second-order valence-corrected chi connectivity index (χ2v) is 7.86. The summed E-state index contributed by atoms with van der Waals surface area (Å²) in [4.78, 5) is 14.7. The van der Waals surface area contributed by atoms with E-state index in [9.17, 15) is 4.79 Å². The SMILES string of the molecule is CSC1(CN2C(=O)C(C)NC2C2CCCC2)CCC1. The summed E-state index contributed by atoms with van der Waals surface area (Å²) in [5, 5.41) is 3.56. The summed E-state index contributed by atoms with van der Waals surface area (Å²) in [7, 11) is 0. The largest absolute Gasteiger partial charge is 0.324 e. The smallest absolute Gasteiger partial charge is 0.240 e. The molecule has 2 saturated carbocycles. The normalized spacial score (nSPS) is 34.8. The highest BCUT2D eigenvalue weighted by Gasteiger charge is 2.46. The van der Waals surface area contributed by atoms with Crippen LogP contribution in [0.1, 0.15) is 51.9 Å². The van der Waals surface area contributed by atoms with Crippen molar-refractivity contribution in [3.05, 3.63) is 0 Å². The fourth-order valence-corrected chi connectivity index (χ4v) is 4.92. The molecular formula is C15H26N2OS. The maximum atomic E-state index is 12.5.